The van der Waals surface area contributed by atoms with Crippen LogP contribution in [-0.2, 0) is 0 Å². The first-order chi connectivity index (χ1) is 14.5. The predicted molar refractivity (Wildman–Crippen MR) is 116 cm³/mol. The normalized spacial score (nSPS) is 11.4. The molecule has 148 valence electrons. The van der Waals surface area contributed by atoms with Crippen LogP contribution in [0.15, 0.2) is 88.8 Å². The van der Waals surface area contributed by atoms with Crippen LogP contribution in [0.1, 0.15) is 10.4 Å². The van der Waals surface area contributed by atoms with Crippen LogP contribution in [0.3, 0.4) is 0 Å². The van der Waals surface area contributed by atoms with E-state index in [0.717, 1.165) is 11.3 Å². The summed E-state index contributed by atoms with van der Waals surface area (Å²) >= 11 is 5.83. The zero-order valence-electron chi connectivity index (χ0n) is 15.4. The summed E-state index contributed by atoms with van der Waals surface area (Å²) in [5, 5.41) is 11.6. The predicted octanol–water partition coefficient (Wildman–Crippen LogP) is 4.50. The van der Waals surface area contributed by atoms with E-state index in [4.69, 9.17) is 11.6 Å². The van der Waals surface area contributed by atoms with E-state index < -0.39 is 4.92 Å². The van der Waals surface area contributed by atoms with Crippen molar-refractivity contribution in [2.24, 2.45) is 4.99 Å². The fourth-order valence-electron chi connectivity index (χ4n) is 2.92. The monoisotopic (exact) mass is 483 g/mol. The Balaban J connectivity index is 1.88. The molecule has 1 aromatic heterocycles. The summed E-state index contributed by atoms with van der Waals surface area (Å²) in [7, 11) is 0. The molecule has 6 nitrogen and oxygen atoms in total. The molecule has 0 atom stereocenters. The third kappa shape index (κ3) is 4.19. The van der Waals surface area contributed by atoms with Crippen molar-refractivity contribution in [3.63, 3.8) is 0 Å². The summed E-state index contributed by atoms with van der Waals surface area (Å²) in [5.41, 5.74) is 2.97. The van der Waals surface area contributed by atoms with E-state index >= 15 is 0 Å². The van der Waals surface area contributed by atoms with Crippen LogP contribution in [0.4, 0.5) is 5.69 Å². The molecule has 8 heteroatoms. The Morgan fingerprint density at radius 1 is 0.967 bits per heavy atom. The molecule has 0 radical (unpaired) electrons. The van der Waals surface area contributed by atoms with E-state index in [1.54, 1.807) is 48.5 Å². The van der Waals surface area contributed by atoms with Crippen molar-refractivity contribution in [2.75, 3.05) is 0 Å². The molecule has 0 saturated carbocycles. The summed E-state index contributed by atoms with van der Waals surface area (Å²) in [6.07, 6.45) is 0. The Hall–Kier alpha value is -3.25. The SMILES string of the molecule is O=C(N=c1[se]cc(-c2ccc(Cl)cc2)n1-c1ccc([N+](=O)[O-])cc1)c1ccccc1. The molecule has 0 unspecified atom stereocenters. The number of nitrogens with zero attached hydrogens (tertiary/aromatic N) is 3. The van der Waals surface area contributed by atoms with Gasteiger partial charge in [0.2, 0.25) is 0 Å². The molecule has 0 bridgehead atoms. The number of carbonyl (C=O) groups is 1. The van der Waals surface area contributed by atoms with Gasteiger partial charge < -0.3 is 0 Å². The second-order valence-corrected chi connectivity index (χ2v) is 8.49. The molecular weight excluding hydrogens is 469 g/mol. The van der Waals surface area contributed by atoms with Crippen molar-refractivity contribution in [3.05, 3.63) is 109 Å². The number of hydrogen-bond acceptors (Lipinski definition) is 3. The fraction of sp³-hybridized carbons (Fsp3) is 0. The van der Waals surface area contributed by atoms with Crippen LogP contribution in [0.25, 0.3) is 16.9 Å². The summed E-state index contributed by atoms with van der Waals surface area (Å²) in [5.74, 6) is -0.329. The van der Waals surface area contributed by atoms with Crippen LogP contribution in [-0.4, -0.2) is 29.9 Å². The number of aromatic nitrogens is 1. The van der Waals surface area contributed by atoms with E-state index in [1.165, 1.54) is 12.1 Å². The van der Waals surface area contributed by atoms with Gasteiger partial charge in [-0.3, -0.25) is 0 Å². The quantitative estimate of drug-likeness (QED) is 0.244. The zero-order chi connectivity index (χ0) is 21.1. The van der Waals surface area contributed by atoms with Crippen LogP contribution in [0.5, 0.6) is 0 Å². The van der Waals surface area contributed by atoms with Gasteiger partial charge in [0.1, 0.15) is 0 Å². The topological polar surface area (TPSA) is 77.5 Å². The molecule has 0 aliphatic heterocycles. The molecule has 0 aliphatic carbocycles. The molecular formula is C22H14ClN3O3Se. The maximum atomic E-state index is 12.7. The van der Waals surface area contributed by atoms with Crippen molar-refractivity contribution in [3.8, 4) is 16.9 Å². The zero-order valence-corrected chi connectivity index (χ0v) is 17.9. The molecule has 0 aliphatic rings. The molecule has 1 amide bonds. The number of carbonyl (C=O) groups excluding carboxylic acids is 1. The van der Waals surface area contributed by atoms with Crippen molar-refractivity contribution >= 4 is 37.7 Å². The van der Waals surface area contributed by atoms with Gasteiger partial charge >= 0.3 is 183 Å². The van der Waals surface area contributed by atoms with Gasteiger partial charge in [0.05, 0.1) is 0 Å². The summed E-state index contributed by atoms with van der Waals surface area (Å²) in [6.45, 7) is 0. The first-order valence-electron chi connectivity index (χ1n) is 8.88. The molecule has 3 aromatic carbocycles. The van der Waals surface area contributed by atoms with Gasteiger partial charge in [-0.2, -0.15) is 0 Å². The Morgan fingerprint density at radius 3 is 2.27 bits per heavy atom. The number of rotatable bonds is 4. The number of nitro benzene ring substituents is 1. The summed E-state index contributed by atoms with van der Waals surface area (Å²) in [4.78, 5) is 29.7. The van der Waals surface area contributed by atoms with Crippen molar-refractivity contribution in [1.82, 2.24) is 4.57 Å². The molecule has 4 rings (SSSR count). The van der Waals surface area contributed by atoms with E-state index in [-0.39, 0.29) is 26.1 Å². The van der Waals surface area contributed by atoms with Gasteiger partial charge in [-0.1, -0.05) is 0 Å². The van der Waals surface area contributed by atoms with Crippen LogP contribution < -0.4 is 4.36 Å². The van der Waals surface area contributed by atoms with Crippen molar-refractivity contribution < 1.29 is 9.72 Å². The van der Waals surface area contributed by atoms with Gasteiger partial charge in [0.25, 0.3) is 0 Å². The Bertz CT molecular complexity index is 1280. The van der Waals surface area contributed by atoms with Gasteiger partial charge in [-0.15, -0.1) is 0 Å². The number of halogens is 1. The number of hydrogen-bond donors (Lipinski definition) is 0. The van der Waals surface area contributed by atoms with E-state index in [1.807, 2.05) is 27.7 Å². The molecule has 30 heavy (non-hydrogen) atoms. The van der Waals surface area contributed by atoms with Crippen LogP contribution in [0, 0.1) is 10.1 Å². The van der Waals surface area contributed by atoms with Gasteiger partial charge in [0, 0.05) is 0 Å². The average Bonchev–Trinajstić information content (AvgIpc) is 3.18. The number of benzene rings is 3. The number of amides is 1. The van der Waals surface area contributed by atoms with Gasteiger partial charge in [0.15, 0.2) is 0 Å². The van der Waals surface area contributed by atoms with Gasteiger partial charge in [-0.05, 0) is 0 Å². The molecule has 0 fully saturated rings. The fourth-order valence-corrected chi connectivity index (χ4v) is 4.94. The average molecular weight is 483 g/mol. The first-order valence-corrected chi connectivity index (χ1v) is 11.1. The molecule has 1 heterocycles. The second-order valence-electron chi connectivity index (χ2n) is 6.30. The Morgan fingerprint density at radius 2 is 1.63 bits per heavy atom. The Labute approximate surface area is 182 Å². The molecule has 0 saturated heterocycles. The van der Waals surface area contributed by atoms with E-state index in [9.17, 15) is 14.9 Å². The van der Waals surface area contributed by atoms with E-state index in [0.29, 0.717) is 20.6 Å². The van der Waals surface area contributed by atoms with Crippen LogP contribution in [0.2, 0.25) is 5.02 Å². The summed E-state index contributed by atoms with van der Waals surface area (Å²) in [6, 6.07) is 22.4. The molecule has 4 aromatic rings. The minimum atomic E-state index is -0.443. The second kappa shape index (κ2) is 8.63. The summed E-state index contributed by atoms with van der Waals surface area (Å²) < 4.78 is 2.48. The Kier molecular flexibility index (Phi) is 5.77. The minimum absolute atomic E-state index is 0.000620. The number of non-ortho nitro benzene ring substituents is 1. The van der Waals surface area contributed by atoms with E-state index in [2.05, 4.69) is 4.99 Å². The molecule has 0 N–H and O–H groups in total. The maximum absolute atomic E-state index is 12.7. The third-order valence-corrected chi connectivity index (χ3v) is 6.37. The molecule has 0 spiro atoms. The first kappa shape index (κ1) is 20.0. The van der Waals surface area contributed by atoms with Crippen molar-refractivity contribution in [2.45, 2.75) is 0 Å². The third-order valence-electron chi connectivity index (χ3n) is 4.38. The van der Waals surface area contributed by atoms with Crippen LogP contribution >= 0.6 is 11.6 Å². The number of nitro groups is 1. The standard InChI is InChI=1S/C22H14ClN3O3Se/c23-17-8-6-15(7-9-17)20-14-30-22(24-21(27)16-4-2-1-3-5-16)25(20)18-10-12-19(13-11-18)26(28)29/h1-14H. The van der Waals surface area contributed by atoms with Crippen molar-refractivity contribution in [1.29, 1.82) is 0 Å². The van der Waals surface area contributed by atoms with Gasteiger partial charge in [-0.25, -0.2) is 0 Å².